The summed E-state index contributed by atoms with van der Waals surface area (Å²) in [5.41, 5.74) is 0. The molecule has 1 aliphatic carbocycles. The SMILES string of the molecule is CN(CC1CCC(F)(F)CC1)S(N)(=O)=O. The number of halogens is 2. The third-order valence-electron chi connectivity index (χ3n) is 2.79. The topological polar surface area (TPSA) is 63.4 Å². The molecule has 0 radical (unpaired) electrons. The van der Waals surface area contributed by atoms with Crippen LogP contribution in [0.4, 0.5) is 8.78 Å². The molecule has 90 valence electrons. The molecule has 1 aliphatic rings. The van der Waals surface area contributed by atoms with Gasteiger partial charge in [0.25, 0.3) is 10.2 Å². The lowest BCUT2D eigenvalue weighted by Gasteiger charge is -2.30. The molecule has 4 nitrogen and oxygen atoms in total. The Hall–Kier alpha value is -0.270. The van der Waals surface area contributed by atoms with E-state index >= 15 is 0 Å². The molecule has 0 saturated heterocycles. The zero-order chi connectivity index (χ0) is 11.7. The first kappa shape index (κ1) is 12.8. The molecule has 1 rings (SSSR count). The quantitative estimate of drug-likeness (QED) is 0.800. The molecule has 1 fully saturated rings. The maximum Gasteiger partial charge on any atom is 0.276 e. The first-order chi connectivity index (χ1) is 6.71. The molecule has 0 aromatic rings. The predicted molar refractivity (Wildman–Crippen MR) is 52.6 cm³/mol. The summed E-state index contributed by atoms with van der Waals surface area (Å²) < 4.78 is 48.4. The first-order valence-corrected chi connectivity index (χ1v) is 6.33. The minimum absolute atomic E-state index is 0.00653. The third-order valence-corrected chi connectivity index (χ3v) is 3.80. The van der Waals surface area contributed by atoms with E-state index in [-0.39, 0.29) is 25.3 Å². The summed E-state index contributed by atoms with van der Waals surface area (Å²) >= 11 is 0. The molecule has 1 saturated carbocycles. The molecule has 0 unspecified atom stereocenters. The molecule has 0 heterocycles. The van der Waals surface area contributed by atoms with Crippen molar-refractivity contribution in [1.82, 2.24) is 4.31 Å². The molecule has 7 heteroatoms. The van der Waals surface area contributed by atoms with Gasteiger partial charge in [-0.1, -0.05) is 0 Å². The van der Waals surface area contributed by atoms with Gasteiger partial charge < -0.3 is 0 Å². The molecule has 0 aromatic carbocycles. The molecular formula is C8H16F2N2O2S. The van der Waals surface area contributed by atoms with Crippen molar-refractivity contribution in [3.63, 3.8) is 0 Å². The van der Waals surface area contributed by atoms with E-state index in [4.69, 9.17) is 5.14 Å². The van der Waals surface area contributed by atoms with E-state index in [1.807, 2.05) is 0 Å². The van der Waals surface area contributed by atoms with Crippen LogP contribution in [0.15, 0.2) is 0 Å². The molecule has 0 aliphatic heterocycles. The molecule has 0 aromatic heterocycles. The Labute approximate surface area is 88.6 Å². The minimum Gasteiger partial charge on any atom is -0.216 e. The molecule has 2 N–H and O–H groups in total. The second-order valence-electron chi connectivity index (χ2n) is 4.12. The van der Waals surface area contributed by atoms with Crippen LogP contribution in [0.5, 0.6) is 0 Å². The van der Waals surface area contributed by atoms with Crippen molar-refractivity contribution < 1.29 is 17.2 Å². The van der Waals surface area contributed by atoms with Crippen LogP contribution in [-0.4, -0.2) is 32.2 Å². The number of hydrogen-bond donors (Lipinski definition) is 1. The van der Waals surface area contributed by atoms with E-state index < -0.39 is 16.1 Å². The zero-order valence-corrected chi connectivity index (χ0v) is 9.43. The largest absolute Gasteiger partial charge is 0.276 e. The summed E-state index contributed by atoms with van der Waals surface area (Å²) in [6, 6.07) is 0. The monoisotopic (exact) mass is 242 g/mol. The zero-order valence-electron chi connectivity index (χ0n) is 8.62. The van der Waals surface area contributed by atoms with Crippen molar-refractivity contribution in [2.75, 3.05) is 13.6 Å². The Balaban J connectivity index is 2.43. The average Bonchev–Trinajstić information content (AvgIpc) is 2.07. The van der Waals surface area contributed by atoms with Crippen molar-refractivity contribution in [3.05, 3.63) is 0 Å². The first-order valence-electron chi connectivity index (χ1n) is 4.82. The lowest BCUT2D eigenvalue weighted by atomic mass is 9.87. The fourth-order valence-electron chi connectivity index (χ4n) is 1.75. The lowest BCUT2D eigenvalue weighted by molar-refractivity contribution is -0.0466. The maximum atomic E-state index is 12.8. The molecular weight excluding hydrogens is 226 g/mol. The number of alkyl halides is 2. The van der Waals surface area contributed by atoms with Crippen molar-refractivity contribution in [3.8, 4) is 0 Å². The predicted octanol–water partition coefficient (Wildman–Crippen LogP) is 0.947. The normalized spacial score (nSPS) is 23.3. The Morgan fingerprint density at radius 2 is 1.87 bits per heavy atom. The van der Waals surface area contributed by atoms with Crippen LogP contribution >= 0.6 is 0 Å². The van der Waals surface area contributed by atoms with E-state index in [0.717, 1.165) is 4.31 Å². The Morgan fingerprint density at radius 1 is 1.40 bits per heavy atom. The molecule has 0 amide bonds. The highest BCUT2D eigenvalue weighted by Gasteiger charge is 2.35. The van der Waals surface area contributed by atoms with Gasteiger partial charge in [-0.15, -0.1) is 0 Å². The molecule has 15 heavy (non-hydrogen) atoms. The van der Waals surface area contributed by atoms with Gasteiger partial charge in [0.1, 0.15) is 0 Å². The van der Waals surface area contributed by atoms with Crippen LogP contribution < -0.4 is 5.14 Å². The number of nitrogens with zero attached hydrogens (tertiary/aromatic N) is 1. The summed E-state index contributed by atoms with van der Waals surface area (Å²) in [7, 11) is -2.32. The summed E-state index contributed by atoms with van der Waals surface area (Å²) in [6.45, 7) is 0.231. The highest BCUT2D eigenvalue weighted by Crippen LogP contribution is 2.36. The fourth-order valence-corrected chi connectivity index (χ4v) is 2.17. The van der Waals surface area contributed by atoms with Gasteiger partial charge in [0.05, 0.1) is 0 Å². The Morgan fingerprint density at radius 3 is 2.27 bits per heavy atom. The highest BCUT2D eigenvalue weighted by atomic mass is 32.2. The number of rotatable bonds is 3. The summed E-state index contributed by atoms with van der Waals surface area (Å²) in [5.74, 6) is -2.58. The van der Waals surface area contributed by atoms with Gasteiger partial charge in [-0.3, -0.25) is 0 Å². The van der Waals surface area contributed by atoms with Crippen molar-refractivity contribution in [2.45, 2.75) is 31.6 Å². The standard InChI is InChI=1S/C8H16F2N2O2S/c1-12(15(11,13)14)6-7-2-4-8(9,10)5-3-7/h7H,2-6H2,1H3,(H2,11,13,14). The second kappa shape index (κ2) is 4.31. The van der Waals surface area contributed by atoms with Crippen LogP contribution in [0.2, 0.25) is 0 Å². The van der Waals surface area contributed by atoms with Gasteiger partial charge in [0.2, 0.25) is 5.92 Å². The maximum absolute atomic E-state index is 12.8. The van der Waals surface area contributed by atoms with Crippen molar-refractivity contribution in [1.29, 1.82) is 0 Å². The lowest BCUT2D eigenvalue weighted by Crippen LogP contribution is -2.38. The highest BCUT2D eigenvalue weighted by molar-refractivity contribution is 7.86. The van der Waals surface area contributed by atoms with Gasteiger partial charge >= 0.3 is 0 Å². The van der Waals surface area contributed by atoms with Gasteiger partial charge in [0.15, 0.2) is 0 Å². The smallest absolute Gasteiger partial charge is 0.216 e. The molecule has 0 atom stereocenters. The summed E-state index contributed by atoms with van der Waals surface area (Å²) in [6.07, 6.45) is 0.395. The van der Waals surface area contributed by atoms with E-state index in [0.29, 0.717) is 12.8 Å². The molecule has 0 spiro atoms. The average molecular weight is 242 g/mol. The van der Waals surface area contributed by atoms with E-state index in [1.54, 1.807) is 0 Å². The summed E-state index contributed by atoms with van der Waals surface area (Å²) in [5, 5.41) is 4.90. The van der Waals surface area contributed by atoms with E-state index in [9.17, 15) is 17.2 Å². The van der Waals surface area contributed by atoms with Gasteiger partial charge in [-0.2, -0.15) is 12.7 Å². The Kier molecular flexibility index (Phi) is 3.67. The van der Waals surface area contributed by atoms with Crippen LogP contribution in [0.25, 0.3) is 0 Å². The van der Waals surface area contributed by atoms with E-state index in [2.05, 4.69) is 0 Å². The Bertz CT molecular complexity index is 309. The van der Waals surface area contributed by atoms with Crippen LogP contribution in [0.3, 0.4) is 0 Å². The second-order valence-corrected chi connectivity index (χ2v) is 5.78. The van der Waals surface area contributed by atoms with Crippen LogP contribution in [0, 0.1) is 5.92 Å². The van der Waals surface area contributed by atoms with Crippen LogP contribution in [0.1, 0.15) is 25.7 Å². The van der Waals surface area contributed by atoms with Gasteiger partial charge in [-0.25, -0.2) is 13.9 Å². The summed E-state index contributed by atoms with van der Waals surface area (Å²) in [4.78, 5) is 0. The van der Waals surface area contributed by atoms with E-state index in [1.165, 1.54) is 7.05 Å². The van der Waals surface area contributed by atoms with Crippen molar-refractivity contribution in [2.24, 2.45) is 11.1 Å². The van der Waals surface area contributed by atoms with Crippen LogP contribution in [-0.2, 0) is 10.2 Å². The van der Waals surface area contributed by atoms with Crippen molar-refractivity contribution >= 4 is 10.2 Å². The van der Waals surface area contributed by atoms with Gasteiger partial charge in [-0.05, 0) is 18.8 Å². The fraction of sp³-hybridized carbons (Fsp3) is 1.00. The third kappa shape index (κ3) is 4.00. The minimum atomic E-state index is -3.69. The number of nitrogens with two attached hydrogens (primary N) is 1. The number of hydrogen-bond acceptors (Lipinski definition) is 2. The molecule has 0 bridgehead atoms. The van der Waals surface area contributed by atoms with Gasteiger partial charge in [0, 0.05) is 26.4 Å².